The number of hydrogen-bond acceptors (Lipinski definition) is 6. The van der Waals surface area contributed by atoms with E-state index in [1.807, 2.05) is 34.5 Å². The second-order valence-corrected chi connectivity index (χ2v) is 10.0. The molecule has 5 heterocycles. The molecule has 1 aromatic carbocycles. The first-order valence-corrected chi connectivity index (χ1v) is 13.0. The number of aromatic nitrogens is 6. The standard InChI is InChI=1S/C27H30ClN7O/c1-18-16-34(17-29-18)24-11-9-22(30-27(24)36-2)25-31-26-20(7-6-14-35(26)32-25)19-8-10-23(21(28)15-19)33-12-4-3-5-13-33/h8-11,15-17,20H,3-7,12-14H2,1-2H3/t20-/m0/s1. The fourth-order valence-electron chi connectivity index (χ4n) is 5.36. The molecule has 9 heteroatoms. The molecule has 0 bridgehead atoms. The lowest BCUT2D eigenvalue weighted by atomic mass is 9.91. The van der Waals surface area contributed by atoms with Gasteiger partial charge < -0.3 is 14.2 Å². The Bertz CT molecular complexity index is 1390. The average molecular weight is 504 g/mol. The van der Waals surface area contributed by atoms with E-state index in [0.717, 1.165) is 60.4 Å². The molecule has 0 N–H and O–H groups in total. The van der Waals surface area contributed by atoms with Crippen molar-refractivity contribution in [2.75, 3.05) is 25.1 Å². The van der Waals surface area contributed by atoms with Crippen LogP contribution in [0.5, 0.6) is 5.88 Å². The Morgan fingerprint density at radius 2 is 1.81 bits per heavy atom. The molecular formula is C27H30ClN7O. The van der Waals surface area contributed by atoms with Crippen molar-refractivity contribution in [2.24, 2.45) is 0 Å². The van der Waals surface area contributed by atoms with Gasteiger partial charge in [0, 0.05) is 31.7 Å². The summed E-state index contributed by atoms with van der Waals surface area (Å²) in [6.07, 6.45) is 9.53. The van der Waals surface area contributed by atoms with Crippen LogP contribution in [0, 0.1) is 6.92 Å². The molecule has 0 aliphatic carbocycles. The number of piperidine rings is 1. The van der Waals surface area contributed by atoms with Crippen LogP contribution in [0.1, 0.15) is 55.1 Å². The van der Waals surface area contributed by atoms with Gasteiger partial charge in [0.25, 0.3) is 0 Å². The third kappa shape index (κ3) is 4.23. The molecule has 0 unspecified atom stereocenters. The van der Waals surface area contributed by atoms with Crippen LogP contribution in [0.4, 0.5) is 5.69 Å². The summed E-state index contributed by atoms with van der Waals surface area (Å²) in [5.41, 5.74) is 4.78. The topological polar surface area (TPSA) is 73.9 Å². The molecule has 36 heavy (non-hydrogen) atoms. The SMILES string of the molecule is COc1nc(-c2nc3n(n2)CCC[C@H]3c2ccc(N3CCCCC3)c(Cl)c2)ccc1-n1cnc(C)c1. The third-order valence-corrected chi connectivity index (χ3v) is 7.50. The number of nitrogens with zero attached hydrogens (tertiary/aromatic N) is 7. The second kappa shape index (κ2) is 9.58. The number of pyridine rings is 1. The molecule has 3 aromatic heterocycles. The van der Waals surface area contributed by atoms with Crippen LogP contribution >= 0.6 is 11.6 Å². The van der Waals surface area contributed by atoms with Crippen molar-refractivity contribution >= 4 is 17.3 Å². The highest BCUT2D eigenvalue weighted by atomic mass is 35.5. The maximum Gasteiger partial charge on any atom is 0.238 e. The Hall–Kier alpha value is -3.39. The van der Waals surface area contributed by atoms with Crippen LogP contribution in [-0.2, 0) is 6.54 Å². The second-order valence-electron chi connectivity index (χ2n) is 9.62. The lowest BCUT2D eigenvalue weighted by Crippen LogP contribution is -2.29. The summed E-state index contributed by atoms with van der Waals surface area (Å²) < 4.78 is 9.53. The fourth-order valence-corrected chi connectivity index (χ4v) is 5.67. The fraction of sp³-hybridized carbons (Fsp3) is 0.407. The third-order valence-electron chi connectivity index (χ3n) is 7.20. The van der Waals surface area contributed by atoms with E-state index >= 15 is 0 Å². The molecule has 0 amide bonds. The van der Waals surface area contributed by atoms with Crippen LogP contribution in [0.2, 0.25) is 5.02 Å². The van der Waals surface area contributed by atoms with E-state index in [-0.39, 0.29) is 5.92 Å². The smallest absolute Gasteiger partial charge is 0.238 e. The average Bonchev–Trinajstić information content (AvgIpc) is 3.55. The largest absolute Gasteiger partial charge is 0.479 e. The van der Waals surface area contributed by atoms with Gasteiger partial charge in [0.05, 0.1) is 29.8 Å². The predicted octanol–water partition coefficient (Wildman–Crippen LogP) is 5.41. The first-order valence-electron chi connectivity index (χ1n) is 12.7. The molecule has 0 saturated carbocycles. The zero-order chi connectivity index (χ0) is 24.6. The van der Waals surface area contributed by atoms with E-state index in [4.69, 9.17) is 31.4 Å². The van der Waals surface area contributed by atoms with Gasteiger partial charge in [-0.1, -0.05) is 17.7 Å². The van der Waals surface area contributed by atoms with Gasteiger partial charge in [-0.3, -0.25) is 0 Å². The lowest BCUT2D eigenvalue weighted by molar-refractivity contribution is 0.396. The van der Waals surface area contributed by atoms with Crippen LogP contribution in [-0.4, -0.2) is 49.5 Å². The highest BCUT2D eigenvalue weighted by Gasteiger charge is 2.28. The Kier molecular flexibility index (Phi) is 6.13. The van der Waals surface area contributed by atoms with Crippen LogP contribution in [0.3, 0.4) is 0 Å². The highest BCUT2D eigenvalue weighted by molar-refractivity contribution is 6.33. The molecule has 186 valence electrons. The van der Waals surface area contributed by atoms with Crippen LogP contribution in [0.25, 0.3) is 17.2 Å². The Morgan fingerprint density at radius 1 is 0.972 bits per heavy atom. The van der Waals surface area contributed by atoms with Gasteiger partial charge in [-0.05, 0) is 68.9 Å². The summed E-state index contributed by atoms with van der Waals surface area (Å²) in [4.78, 5) is 16.4. The lowest BCUT2D eigenvalue weighted by Gasteiger charge is -2.30. The van der Waals surface area contributed by atoms with Crippen molar-refractivity contribution in [1.29, 1.82) is 0 Å². The van der Waals surface area contributed by atoms with Gasteiger partial charge in [0.2, 0.25) is 5.88 Å². The minimum atomic E-state index is 0.156. The van der Waals surface area contributed by atoms with Crippen molar-refractivity contribution in [1.82, 2.24) is 29.3 Å². The minimum absolute atomic E-state index is 0.156. The van der Waals surface area contributed by atoms with Crippen molar-refractivity contribution in [3.8, 4) is 23.1 Å². The van der Waals surface area contributed by atoms with E-state index in [2.05, 4.69) is 28.1 Å². The number of aryl methyl sites for hydroxylation is 2. The highest BCUT2D eigenvalue weighted by Crippen LogP contribution is 2.37. The van der Waals surface area contributed by atoms with Gasteiger partial charge in [0.15, 0.2) is 5.82 Å². The summed E-state index contributed by atoms with van der Waals surface area (Å²) in [5, 5.41) is 5.64. The van der Waals surface area contributed by atoms with Gasteiger partial charge in [0.1, 0.15) is 17.2 Å². The predicted molar refractivity (Wildman–Crippen MR) is 140 cm³/mol. The molecule has 2 aliphatic heterocycles. The van der Waals surface area contributed by atoms with E-state index < -0.39 is 0 Å². The van der Waals surface area contributed by atoms with E-state index in [9.17, 15) is 0 Å². The molecule has 2 aliphatic rings. The number of methoxy groups -OCH3 is 1. The minimum Gasteiger partial charge on any atom is -0.479 e. The molecule has 0 spiro atoms. The number of hydrogen-bond donors (Lipinski definition) is 0. The summed E-state index contributed by atoms with van der Waals surface area (Å²) >= 11 is 6.80. The number of halogens is 1. The van der Waals surface area contributed by atoms with E-state index in [0.29, 0.717) is 17.4 Å². The van der Waals surface area contributed by atoms with Crippen LogP contribution < -0.4 is 9.64 Å². The molecule has 0 radical (unpaired) electrons. The molecule has 4 aromatic rings. The number of anilines is 1. The van der Waals surface area contributed by atoms with Gasteiger partial charge in [-0.15, -0.1) is 5.10 Å². The molecular weight excluding hydrogens is 474 g/mol. The summed E-state index contributed by atoms with van der Waals surface area (Å²) in [5.74, 6) is 2.24. The first-order chi connectivity index (χ1) is 17.6. The Labute approximate surface area is 215 Å². The van der Waals surface area contributed by atoms with Crippen molar-refractivity contribution in [3.63, 3.8) is 0 Å². The Morgan fingerprint density at radius 3 is 2.56 bits per heavy atom. The number of ether oxygens (including phenoxy) is 1. The van der Waals surface area contributed by atoms with Gasteiger partial charge in [-0.25, -0.2) is 19.6 Å². The number of imidazole rings is 1. The van der Waals surface area contributed by atoms with Gasteiger partial charge >= 0.3 is 0 Å². The molecule has 1 fully saturated rings. The molecule has 6 rings (SSSR count). The zero-order valence-corrected chi connectivity index (χ0v) is 21.4. The molecule has 1 atom stereocenters. The van der Waals surface area contributed by atoms with Gasteiger partial charge in [-0.2, -0.15) is 0 Å². The summed E-state index contributed by atoms with van der Waals surface area (Å²) in [7, 11) is 1.62. The zero-order valence-electron chi connectivity index (χ0n) is 20.7. The quantitative estimate of drug-likeness (QED) is 0.362. The number of fused-ring (bicyclic) bond motifs is 1. The first kappa shape index (κ1) is 23.0. The summed E-state index contributed by atoms with van der Waals surface area (Å²) in [6.45, 7) is 4.96. The van der Waals surface area contributed by atoms with Crippen molar-refractivity contribution < 1.29 is 4.74 Å². The normalized spacial score (nSPS) is 17.8. The maximum atomic E-state index is 6.80. The van der Waals surface area contributed by atoms with Crippen molar-refractivity contribution in [3.05, 3.63) is 65.0 Å². The van der Waals surface area contributed by atoms with E-state index in [1.165, 1.54) is 24.8 Å². The monoisotopic (exact) mass is 503 g/mol. The summed E-state index contributed by atoms with van der Waals surface area (Å²) in [6, 6.07) is 10.4. The molecule has 1 saturated heterocycles. The van der Waals surface area contributed by atoms with Crippen molar-refractivity contribution in [2.45, 2.75) is 51.5 Å². The van der Waals surface area contributed by atoms with E-state index in [1.54, 1.807) is 13.4 Å². The maximum absolute atomic E-state index is 6.80. The van der Waals surface area contributed by atoms with Crippen LogP contribution in [0.15, 0.2) is 42.9 Å². The molecule has 8 nitrogen and oxygen atoms in total. The number of rotatable bonds is 5. The Balaban J connectivity index is 1.31. The number of benzene rings is 1.